The summed E-state index contributed by atoms with van der Waals surface area (Å²) >= 11 is 0. The molecule has 3 aliphatic rings. The highest BCUT2D eigenvalue weighted by Gasteiger charge is 2.45. The van der Waals surface area contributed by atoms with E-state index in [2.05, 4.69) is 23.6 Å². The number of amides is 1. The maximum absolute atomic E-state index is 14.1. The number of hydrogen-bond donors (Lipinski definition) is 0. The Balaban J connectivity index is 1.53. The van der Waals surface area contributed by atoms with E-state index in [-0.39, 0.29) is 17.0 Å². The molecule has 0 N–H and O–H groups in total. The zero-order valence-electron chi connectivity index (χ0n) is 15.2. The minimum absolute atomic E-state index is 0.0739. The fraction of sp³-hybridized carbons (Fsp3) is 0.650. The zero-order valence-corrected chi connectivity index (χ0v) is 15.2. The summed E-state index contributed by atoms with van der Waals surface area (Å²) < 4.78 is 14.1. The Morgan fingerprint density at radius 2 is 1.88 bits per heavy atom. The van der Waals surface area contributed by atoms with E-state index in [9.17, 15) is 9.18 Å². The molecular formula is C20H28FN3O. The van der Waals surface area contributed by atoms with Crippen LogP contribution >= 0.6 is 0 Å². The van der Waals surface area contributed by atoms with Gasteiger partial charge in [-0.25, -0.2) is 4.39 Å². The predicted octanol–water partition coefficient (Wildman–Crippen LogP) is 2.60. The molecule has 0 bridgehead atoms. The van der Waals surface area contributed by atoms with Crippen LogP contribution in [-0.2, 0) is 0 Å². The Bertz CT molecular complexity index is 658. The molecule has 2 aliphatic heterocycles. The van der Waals surface area contributed by atoms with Crippen LogP contribution in [0.25, 0.3) is 0 Å². The first-order valence-corrected chi connectivity index (χ1v) is 9.50. The second kappa shape index (κ2) is 6.36. The van der Waals surface area contributed by atoms with Gasteiger partial charge < -0.3 is 4.90 Å². The highest BCUT2D eigenvalue weighted by Crippen LogP contribution is 2.32. The zero-order chi connectivity index (χ0) is 17.6. The number of carbonyl (C=O) groups excluding carboxylic acids is 1. The quantitative estimate of drug-likeness (QED) is 0.824. The smallest absolute Gasteiger partial charge is 0.256 e. The lowest BCUT2D eigenvalue weighted by atomic mass is 9.88. The third-order valence-corrected chi connectivity index (χ3v) is 6.28. The van der Waals surface area contributed by atoms with Gasteiger partial charge in [0, 0.05) is 50.3 Å². The summed E-state index contributed by atoms with van der Waals surface area (Å²) in [5.41, 5.74) is 0.119. The monoisotopic (exact) mass is 345 g/mol. The number of nitrogens with zero attached hydrogens (tertiary/aromatic N) is 3. The van der Waals surface area contributed by atoms with Crippen molar-refractivity contribution in [3.05, 3.63) is 35.6 Å². The maximum Gasteiger partial charge on any atom is 0.256 e. The summed E-state index contributed by atoms with van der Waals surface area (Å²) in [6, 6.07) is 7.41. The van der Waals surface area contributed by atoms with Gasteiger partial charge in [0.1, 0.15) is 5.82 Å². The number of halogens is 1. The van der Waals surface area contributed by atoms with E-state index in [0.717, 1.165) is 25.7 Å². The topological polar surface area (TPSA) is 26.8 Å². The highest BCUT2D eigenvalue weighted by atomic mass is 19.1. The summed E-state index contributed by atoms with van der Waals surface area (Å²) in [7, 11) is 0. The van der Waals surface area contributed by atoms with E-state index >= 15 is 0 Å². The number of hydrogen-bond acceptors (Lipinski definition) is 3. The predicted molar refractivity (Wildman–Crippen MR) is 96.1 cm³/mol. The van der Waals surface area contributed by atoms with Crippen LogP contribution in [0.5, 0.6) is 0 Å². The molecule has 1 saturated carbocycles. The molecule has 1 aliphatic carbocycles. The van der Waals surface area contributed by atoms with Crippen molar-refractivity contribution in [2.24, 2.45) is 0 Å². The average Bonchev–Trinajstić information content (AvgIpc) is 2.52. The molecule has 1 aromatic rings. The number of benzene rings is 1. The molecule has 5 heteroatoms. The van der Waals surface area contributed by atoms with Crippen molar-refractivity contribution in [1.29, 1.82) is 0 Å². The largest absolute Gasteiger partial charge is 0.335 e. The number of carbonyl (C=O) groups is 1. The Hall–Kier alpha value is -1.46. The normalized spacial score (nSPS) is 27.6. The molecule has 2 saturated heterocycles. The van der Waals surface area contributed by atoms with Crippen molar-refractivity contribution in [2.45, 2.75) is 50.7 Å². The number of fused-ring (bicyclic) bond motifs is 1. The second-order valence-electron chi connectivity index (χ2n) is 8.40. The first-order chi connectivity index (χ1) is 12.0. The highest BCUT2D eigenvalue weighted by molar-refractivity contribution is 5.94. The van der Waals surface area contributed by atoms with Gasteiger partial charge in [-0.2, -0.15) is 0 Å². The Morgan fingerprint density at radius 3 is 2.56 bits per heavy atom. The summed E-state index contributed by atoms with van der Waals surface area (Å²) in [4.78, 5) is 20.0. The van der Waals surface area contributed by atoms with Gasteiger partial charge in [0.05, 0.1) is 5.56 Å². The lowest BCUT2D eigenvalue weighted by molar-refractivity contribution is -0.0710. The molecule has 0 radical (unpaired) electrons. The van der Waals surface area contributed by atoms with Crippen LogP contribution < -0.4 is 0 Å². The molecule has 4 rings (SSSR count). The van der Waals surface area contributed by atoms with Gasteiger partial charge in [0.15, 0.2) is 0 Å². The number of piperazine rings is 2. The van der Waals surface area contributed by atoms with E-state index < -0.39 is 5.82 Å². The van der Waals surface area contributed by atoms with Crippen LogP contribution in [-0.4, -0.2) is 71.0 Å². The van der Waals surface area contributed by atoms with Gasteiger partial charge in [-0.1, -0.05) is 18.6 Å². The molecule has 136 valence electrons. The van der Waals surface area contributed by atoms with Crippen LogP contribution in [0.1, 0.15) is 43.5 Å². The number of rotatable bonds is 2. The van der Waals surface area contributed by atoms with Crippen molar-refractivity contribution in [1.82, 2.24) is 14.7 Å². The van der Waals surface area contributed by atoms with Crippen LogP contribution in [0.15, 0.2) is 24.3 Å². The van der Waals surface area contributed by atoms with Gasteiger partial charge in [-0.3, -0.25) is 14.6 Å². The molecule has 1 atom stereocenters. The van der Waals surface area contributed by atoms with E-state index in [4.69, 9.17) is 0 Å². The van der Waals surface area contributed by atoms with E-state index in [1.54, 1.807) is 18.2 Å². The first-order valence-electron chi connectivity index (χ1n) is 9.50. The van der Waals surface area contributed by atoms with Gasteiger partial charge in [0.25, 0.3) is 5.91 Å². The molecule has 4 nitrogen and oxygen atoms in total. The third-order valence-electron chi connectivity index (χ3n) is 6.28. The van der Waals surface area contributed by atoms with Crippen LogP contribution in [0, 0.1) is 5.82 Å². The average molecular weight is 345 g/mol. The summed E-state index contributed by atoms with van der Waals surface area (Å²) in [5.74, 6) is -0.598. The van der Waals surface area contributed by atoms with Gasteiger partial charge in [0.2, 0.25) is 0 Å². The fourth-order valence-electron chi connectivity index (χ4n) is 4.75. The third kappa shape index (κ3) is 3.08. The van der Waals surface area contributed by atoms with Crippen molar-refractivity contribution < 1.29 is 9.18 Å². The lowest BCUT2D eigenvalue weighted by Gasteiger charge is -2.57. The summed E-state index contributed by atoms with van der Waals surface area (Å²) in [5, 5.41) is 0. The van der Waals surface area contributed by atoms with Crippen LogP contribution in [0.3, 0.4) is 0 Å². The molecule has 2 heterocycles. The SMILES string of the molecule is CC1(C)CN(C(=O)c2ccccc2F)C[C@@H]2CN(C3CCC3)CCN21. The van der Waals surface area contributed by atoms with E-state index in [1.807, 2.05) is 4.90 Å². The molecule has 0 unspecified atom stereocenters. The first kappa shape index (κ1) is 17.0. The lowest BCUT2D eigenvalue weighted by Crippen LogP contribution is -2.71. The van der Waals surface area contributed by atoms with Crippen molar-refractivity contribution >= 4 is 5.91 Å². The van der Waals surface area contributed by atoms with Crippen molar-refractivity contribution in [2.75, 3.05) is 32.7 Å². The maximum atomic E-state index is 14.1. The van der Waals surface area contributed by atoms with Gasteiger partial charge in [-0.15, -0.1) is 0 Å². The van der Waals surface area contributed by atoms with Crippen molar-refractivity contribution in [3.8, 4) is 0 Å². The van der Waals surface area contributed by atoms with Crippen molar-refractivity contribution in [3.63, 3.8) is 0 Å². The molecule has 1 amide bonds. The van der Waals surface area contributed by atoms with E-state index in [1.165, 1.54) is 25.3 Å². The van der Waals surface area contributed by atoms with Gasteiger partial charge in [-0.05, 0) is 38.8 Å². The minimum atomic E-state index is -0.424. The Labute approximate surface area is 149 Å². The molecule has 0 spiro atoms. The second-order valence-corrected chi connectivity index (χ2v) is 8.40. The fourth-order valence-corrected chi connectivity index (χ4v) is 4.75. The minimum Gasteiger partial charge on any atom is -0.335 e. The van der Waals surface area contributed by atoms with Gasteiger partial charge >= 0.3 is 0 Å². The molecule has 3 fully saturated rings. The summed E-state index contributed by atoms with van der Waals surface area (Å²) in [6.07, 6.45) is 3.97. The Kier molecular flexibility index (Phi) is 4.32. The standard InChI is InChI=1S/C20H28FN3O/c1-20(2)14-23(19(25)17-8-3-4-9-18(17)21)13-16-12-22(10-11-24(16)20)15-6-5-7-15/h3-4,8-9,15-16H,5-7,10-14H2,1-2H3/t16-/m0/s1. The molecule has 0 aromatic heterocycles. The summed E-state index contributed by atoms with van der Waals surface area (Å²) in [6.45, 7) is 8.98. The molecular weight excluding hydrogens is 317 g/mol. The van der Waals surface area contributed by atoms with E-state index in [0.29, 0.717) is 19.1 Å². The molecule has 25 heavy (non-hydrogen) atoms. The Morgan fingerprint density at radius 1 is 1.12 bits per heavy atom. The molecule has 1 aromatic carbocycles. The van der Waals surface area contributed by atoms with Crippen LogP contribution in [0.2, 0.25) is 0 Å². The van der Waals surface area contributed by atoms with Crippen LogP contribution in [0.4, 0.5) is 4.39 Å².